The SMILES string of the molecule is CCNC(=O)[C@@H](C)N(Cc1cccc(C)c1)C(=O)COc1ccc(C(C)(C)C)cc1Br. The third kappa shape index (κ3) is 7.10. The molecule has 0 saturated carbocycles. The molecule has 1 atom stereocenters. The Morgan fingerprint density at radius 3 is 2.45 bits per heavy atom. The molecule has 6 heteroatoms. The molecule has 2 amide bonds. The number of hydrogen-bond acceptors (Lipinski definition) is 3. The van der Waals surface area contributed by atoms with Crippen LogP contribution in [0.3, 0.4) is 0 Å². The van der Waals surface area contributed by atoms with Gasteiger partial charge < -0.3 is 15.0 Å². The molecule has 2 rings (SSSR count). The van der Waals surface area contributed by atoms with Crippen LogP contribution in [0.2, 0.25) is 0 Å². The highest BCUT2D eigenvalue weighted by Crippen LogP contribution is 2.31. The maximum atomic E-state index is 13.1. The lowest BCUT2D eigenvalue weighted by atomic mass is 9.87. The van der Waals surface area contributed by atoms with E-state index in [-0.39, 0.29) is 23.8 Å². The van der Waals surface area contributed by atoms with Crippen LogP contribution >= 0.6 is 15.9 Å². The molecule has 168 valence electrons. The summed E-state index contributed by atoms with van der Waals surface area (Å²) in [7, 11) is 0. The van der Waals surface area contributed by atoms with Gasteiger partial charge in [0.05, 0.1) is 4.47 Å². The van der Waals surface area contributed by atoms with Crippen LogP contribution in [-0.4, -0.2) is 35.9 Å². The second-order valence-electron chi connectivity index (χ2n) is 8.77. The van der Waals surface area contributed by atoms with Crippen LogP contribution < -0.4 is 10.1 Å². The first kappa shape index (κ1) is 24.9. The highest BCUT2D eigenvalue weighted by molar-refractivity contribution is 9.10. The molecule has 0 aliphatic rings. The number of halogens is 1. The molecule has 0 radical (unpaired) electrons. The largest absolute Gasteiger partial charge is 0.483 e. The smallest absolute Gasteiger partial charge is 0.261 e. The van der Waals surface area contributed by atoms with Gasteiger partial charge in [-0.3, -0.25) is 9.59 Å². The fourth-order valence-corrected chi connectivity index (χ4v) is 3.71. The van der Waals surface area contributed by atoms with Crippen molar-refractivity contribution in [2.45, 2.75) is 59.5 Å². The quantitative estimate of drug-likeness (QED) is 0.569. The third-order valence-corrected chi connectivity index (χ3v) is 5.72. The number of ether oxygens (including phenoxy) is 1. The van der Waals surface area contributed by atoms with Gasteiger partial charge in [0.15, 0.2) is 6.61 Å². The molecule has 0 aliphatic heterocycles. The van der Waals surface area contributed by atoms with E-state index in [9.17, 15) is 9.59 Å². The van der Waals surface area contributed by atoms with Crippen molar-refractivity contribution in [1.82, 2.24) is 10.2 Å². The number of likely N-dealkylation sites (N-methyl/N-ethyl adjacent to an activating group) is 1. The number of rotatable bonds is 8. The molecule has 31 heavy (non-hydrogen) atoms. The van der Waals surface area contributed by atoms with Crippen LogP contribution in [0, 0.1) is 6.92 Å². The van der Waals surface area contributed by atoms with Gasteiger partial charge in [-0.15, -0.1) is 0 Å². The average Bonchev–Trinajstić information content (AvgIpc) is 2.70. The molecular weight excluding hydrogens is 456 g/mol. The van der Waals surface area contributed by atoms with Crippen molar-refractivity contribution in [1.29, 1.82) is 0 Å². The summed E-state index contributed by atoms with van der Waals surface area (Å²) in [4.78, 5) is 27.1. The first-order chi connectivity index (χ1) is 14.5. The zero-order chi connectivity index (χ0) is 23.2. The molecule has 0 bridgehead atoms. The van der Waals surface area contributed by atoms with Crippen molar-refractivity contribution >= 4 is 27.7 Å². The van der Waals surface area contributed by atoms with Crippen LogP contribution in [0.5, 0.6) is 5.75 Å². The monoisotopic (exact) mass is 488 g/mol. The summed E-state index contributed by atoms with van der Waals surface area (Å²) in [6, 6.07) is 13.2. The van der Waals surface area contributed by atoms with Crippen LogP contribution in [0.15, 0.2) is 46.9 Å². The molecule has 0 heterocycles. The van der Waals surface area contributed by atoms with Gasteiger partial charge in [-0.2, -0.15) is 0 Å². The second-order valence-corrected chi connectivity index (χ2v) is 9.62. The first-order valence-corrected chi connectivity index (χ1v) is 11.4. The number of hydrogen-bond donors (Lipinski definition) is 1. The van der Waals surface area contributed by atoms with Gasteiger partial charge in [0.2, 0.25) is 5.91 Å². The van der Waals surface area contributed by atoms with E-state index in [4.69, 9.17) is 4.74 Å². The maximum absolute atomic E-state index is 13.1. The van der Waals surface area contributed by atoms with Crippen LogP contribution in [-0.2, 0) is 21.5 Å². The van der Waals surface area contributed by atoms with Gasteiger partial charge in [0, 0.05) is 13.1 Å². The molecule has 2 aromatic rings. The molecule has 0 aliphatic carbocycles. The highest BCUT2D eigenvalue weighted by Gasteiger charge is 2.26. The third-order valence-electron chi connectivity index (χ3n) is 5.10. The van der Waals surface area contributed by atoms with Gasteiger partial charge in [0.1, 0.15) is 11.8 Å². The summed E-state index contributed by atoms with van der Waals surface area (Å²) < 4.78 is 6.63. The number of aryl methyl sites for hydroxylation is 1. The number of amides is 2. The minimum absolute atomic E-state index is 0.0174. The minimum Gasteiger partial charge on any atom is -0.483 e. The van der Waals surface area contributed by atoms with Crippen LogP contribution in [0.1, 0.15) is 51.3 Å². The molecule has 0 aromatic heterocycles. The molecule has 1 N–H and O–H groups in total. The predicted octanol–water partition coefficient (Wildman–Crippen LogP) is 4.99. The van der Waals surface area contributed by atoms with Crippen LogP contribution in [0.25, 0.3) is 0 Å². The summed E-state index contributed by atoms with van der Waals surface area (Å²) in [5.74, 6) is 0.175. The Labute approximate surface area is 194 Å². The van der Waals surface area contributed by atoms with Crippen molar-refractivity contribution in [3.63, 3.8) is 0 Å². The van der Waals surface area contributed by atoms with E-state index >= 15 is 0 Å². The normalized spacial score (nSPS) is 12.2. The number of nitrogens with zero attached hydrogens (tertiary/aromatic N) is 1. The predicted molar refractivity (Wildman–Crippen MR) is 128 cm³/mol. The standard InChI is InChI=1S/C25H33BrN2O3/c1-7-27-24(30)18(3)28(15-19-10-8-9-17(2)13-19)23(29)16-31-22-12-11-20(14-21(22)26)25(4,5)6/h8-14,18H,7,15-16H2,1-6H3,(H,27,30)/t18-/m1/s1. The van der Waals surface area contributed by atoms with Crippen molar-refractivity contribution in [3.05, 3.63) is 63.6 Å². The molecule has 5 nitrogen and oxygen atoms in total. The maximum Gasteiger partial charge on any atom is 0.261 e. The van der Waals surface area contributed by atoms with E-state index < -0.39 is 6.04 Å². The minimum atomic E-state index is -0.608. The Bertz CT molecular complexity index is 921. The molecule has 0 saturated heterocycles. The Kier molecular flexibility index (Phi) is 8.69. The molecule has 2 aromatic carbocycles. The topological polar surface area (TPSA) is 58.6 Å². The van der Waals surface area contributed by atoms with E-state index in [1.165, 1.54) is 5.56 Å². The van der Waals surface area contributed by atoms with E-state index in [2.05, 4.69) is 42.0 Å². The Balaban J connectivity index is 2.17. The Hall–Kier alpha value is -2.34. The fraction of sp³-hybridized carbons (Fsp3) is 0.440. The van der Waals surface area contributed by atoms with Crippen molar-refractivity contribution in [2.24, 2.45) is 0 Å². The second kappa shape index (κ2) is 10.8. The molecule has 0 spiro atoms. The van der Waals surface area contributed by atoms with Gasteiger partial charge in [-0.1, -0.05) is 56.7 Å². The highest BCUT2D eigenvalue weighted by atomic mass is 79.9. The lowest BCUT2D eigenvalue weighted by Crippen LogP contribution is -2.49. The van der Waals surface area contributed by atoms with Gasteiger partial charge in [-0.25, -0.2) is 0 Å². The zero-order valence-corrected chi connectivity index (χ0v) is 20.9. The van der Waals surface area contributed by atoms with E-state index in [1.54, 1.807) is 11.8 Å². The Morgan fingerprint density at radius 1 is 1.16 bits per heavy atom. The van der Waals surface area contributed by atoms with Gasteiger partial charge in [-0.05, 0) is 65.4 Å². The van der Waals surface area contributed by atoms with Crippen molar-refractivity contribution in [2.75, 3.05) is 13.2 Å². The lowest BCUT2D eigenvalue weighted by Gasteiger charge is -2.29. The van der Waals surface area contributed by atoms with E-state index in [0.717, 1.165) is 15.6 Å². The summed E-state index contributed by atoms with van der Waals surface area (Å²) in [6.07, 6.45) is 0. The average molecular weight is 489 g/mol. The zero-order valence-electron chi connectivity index (χ0n) is 19.3. The van der Waals surface area contributed by atoms with Gasteiger partial charge in [0.25, 0.3) is 5.91 Å². The summed E-state index contributed by atoms with van der Waals surface area (Å²) in [5, 5.41) is 2.80. The summed E-state index contributed by atoms with van der Waals surface area (Å²) >= 11 is 3.55. The number of carbonyl (C=O) groups is 2. The van der Waals surface area contributed by atoms with E-state index in [1.807, 2.05) is 56.3 Å². The number of nitrogens with one attached hydrogen (secondary N) is 1. The van der Waals surface area contributed by atoms with Crippen molar-refractivity contribution < 1.29 is 14.3 Å². The van der Waals surface area contributed by atoms with E-state index in [0.29, 0.717) is 18.8 Å². The number of carbonyl (C=O) groups excluding carboxylic acids is 2. The molecular formula is C25H33BrN2O3. The molecule has 0 fully saturated rings. The first-order valence-electron chi connectivity index (χ1n) is 10.6. The lowest BCUT2D eigenvalue weighted by molar-refractivity contribution is -0.142. The summed E-state index contributed by atoms with van der Waals surface area (Å²) in [6.45, 7) is 12.7. The van der Waals surface area contributed by atoms with Gasteiger partial charge >= 0.3 is 0 Å². The fourth-order valence-electron chi connectivity index (χ4n) is 3.22. The van der Waals surface area contributed by atoms with Crippen LogP contribution in [0.4, 0.5) is 0 Å². The van der Waals surface area contributed by atoms with Crippen molar-refractivity contribution in [3.8, 4) is 5.75 Å². The number of benzene rings is 2. The summed E-state index contributed by atoms with van der Waals surface area (Å²) in [5.41, 5.74) is 3.27. The Morgan fingerprint density at radius 2 is 1.87 bits per heavy atom. The molecule has 0 unspecified atom stereocenters.